The predicted molar refractivity (Wildman–Crippen MR) is 222 cm³/mol. The zero-order chi connectivity index (χ0) is 39.2. The van der Waals surface area contributed by atoms with Gasteiger partial charge in [-0.15, -0.1) is 0 Å². The van der Waals surface area contributed by atoms with Gasteiger partial charge in [0.05, 0.1) is 159 Å². The van der Waals surface area contributed by atoms with Crippen molar-refractivity contribution in [2.24, 2.45) is 0 Å². The molecular weight excluding hydrogens is 827 g/mol. The molecule has 324 valence electrons. The lowest BCUT2D eigenvalue weighted by Crippen LogP contribution is -2.15. The quantitative estimate of drug-likeness (QED) is 0.0433. The number of hydrogen-bond donors (Lipinski definition) is 0. The maximum absolute atomic E-state index is 5.79. The van der Waals surface area contributed by atoms with Gasteiger partial charge in [0.15, 0.2) is 0 Å². The number of aryl methyl sites for hydroxylation is 1. The lowest BCUT2D eigenvalue weighted by Gasteiger charge is -2.09. The maximum atomic E-state index is 5.79. The minimum absolute atomic E-state index is 0.511. The second-order valence-corrected chi connectivity index (χ2v) is 13.5. The summed E-state index contributed by atoms with van der Waals surface area (Å²) in [5.74, 6) is 0.887. The topological polar surface area (TPSA) is 120 Å². The zero-order valence-corrected chi connectivity index (χ0v) is 36.2. The highest BCUT2D eigenvalue weighted by atomic mass is 127. The van der Waals surface area contributed by atoms with E-state index in [1.54, 1.807) is 0 Å². The molecule has 1 aromatic carbocycles. The van der Waals surface area contributed by atoms with Gasteiger partial charge < -0.3 is 61.6 Å². The highest BCUT2D eigenvalue weighted by molar-refractivity contribution is 14.1. The van der Waals surface area contributed by atoms with Gasteiger partial charge in [-0.25, -0.2) is 0 Å². The second-order valence-electron chi connectivity index (χ2n) is 12.4. The fraction of sp³-hybridized carbons (Fsp3) is 0.854. The number of benzene rings is 1. The van der Waals surface area contributed by atoms with Crippen LogP contribution >= 0.6 is 22.6 Å². The standard InChI is InChI=1S/C41H75IO13/c1-2-3-4-5-6-7-8-9-40-10-12-41(13-11-40)55-39-38-54-37-36-53-35-34-52-33-32-51-31-30-50-29-28-49-27-26-48-25-24-47-23-22-46-21-20-45-19-18-44-17-16-43-15-14-42/h10-13H,2-9,14-39H2,1H3. The van der Waals surface area contributed by atoms with Crippen LogP contribution in [0.25, 0.3) is 0 Å². The number of alkyl halides is 1. The Labute approximate surface area is 346 Å². The summed E-state index contributed by atoms with van der Waals surface area (Å²) in [5.41, 5.74) is 1.38. The molecule has 0 amide bonds. The van der Waals surface area contributed by atoms with Gasteiger partial charge in [0.25, 0.3) is 0 Å². The predicted octanol–water partition coefficient (Wildman–Crippen LogP) is 5.99. The molecule has 0 aliphatic rings. The molecule has 0 spiro atoms. The third-order valence-electron chi connectivity index (χ3n) is 7.80. The molecule has 0 heterocycles. The molecule has 1 aromatic rings. The molecule has 0 saturated heterocycles. The SMILES string of the molecule is CCCCCCCCCc1ccc(OCCOCCOCCOCCOCCOCCOCCOCCOCCOCCOCCOCCOCCI)cc1. The molecule has 0 fully saturated rings. The first-order chi connectivity index (χ1) is 27.4. The van der Waals surface area contributed by atoms with Crippen LogP contribution in [0.2, 0.25) is 0 Å². The first kappa shape index (κ1) is 52.3. The molecule has 14 heteroatoms. The number of hydrogen-bond acceptors (Lipinski definition) is 13. The lowest BCUT2D eigenvalue weighted by atomic mass is 10.0. The van der Waals surface area contributed by atoms with Gasteiger partial charge >= 0.3 is 0 Å². The van der Waals surface area contributed by atoms with Crippen LogP contribution in [0.3, 0.4) is 0 Å². The van der Waals surface area contributed by atoms with Crippen LogP contribution in [0.15, 0.2) is 24.3 Å². The van der Waals surface area contributed by atoms with Crippen molar-refractivity contribution >= 4 is 22.6 Å². The smallest absolute Gasteiger partial charge is 0.119 e. The number of halogens is 1. The van der Waals surface area contributed by atoms with Crippen LogP contribution in [-0.2, 0) is 63.3 Å². The highest BCUT2D eigenvalue weighted by Gasteiger charge is 2.00. The molecule has 0 unspecified atom stereocenters. The molecule has 0 atom stereocenters. The summed E-state index contributed by atoms with van der Waals surface area (Å²) in [4.78, 5) is 0. The molecule has 0 saturated carbocycles. The Morgan fingerprint density at radius 1 is 0.327 bits per heavy atom. The van der Waals surface area contributed by atoms with Crippen LogP contribution < -0.4 is 4.74 Å². The summed E-state index contributed by atoms with van der Waals surface area (Å²) >= 11 is 2.28. The molecule has 0 aliphatic carbocycles. The van der Waals surface area contributed by atoms with E-state index in [0.29, 0.717) is 159 Å². The molecule has 0 aliphatic heterocycles. The normalized spacial score (nSPS) is 11.5. The van der Waals surface area contributed by atoms with Gasteiger partial charge in [0, 0.05) is 4.43 Å². The fourth-order valence-corrected chi connectivity index (χ4v) is 5.14. The van der Waals surface area contributed by atoms with Gasteiger partial charge in [-0.3, -0.25) is 0 Å². The van der Waals surface area contributed by atoms with E-state index in [0.717, 1.165) is 23.2 Å². The van der Waals surface area contributed by atoms with Crippen molar-refractivity contribution in [1.82, 2.24) is 0 Å². The van der Waals surface area contributed by atoms with Gasteiger partial charge in [-0.1, -0.05) is 80.2 Å². The molecule has 0 N–H and O–H groups in total. The Morgan fingerprint density at radius 2 is 0.600 bits per heavy atom. The second kappa shape index (κ2) is 46.0. The fourth-order valence-electron chi connectivity index (χ4n) is 4.83. The van der Waals surface area contributed by atoms with Crippen molar-refractivity contribution in [3.05, 3.63) is 29.8 Å². The Morgan fingerprint density at radius 3 is 0.909 bits per heavy atom. The van der Waals surface area contributed by atoms with Crippen LogP contribution in [-0.4, -0.2) is 170 Å². The molecule has 0 aromatic heterocycles. The number of unbranched alkanes of at least 4 members (excludes halogenated alkanes) is 6. The van der Waals surface area contributed by atoms with E-state index < -0.39 is 0 Å². The Kier molecular flexibility index (Phi) is 43.7. The first-order valence-electron chi connectivity index (χ1n) is 20.6. The van der Waals surface area contributed by atoms with Crippen molar-refractivity contribution in [3.8, 4) is 5.75 Å². The summed E-state index contributed by atoms with van der Waals surface area (Å²) < 4.78 is 72.7. The minimum Gasteiger partial charge on any atom is -0.491 e. The molecular formula is C41H75IO13. The van der Waals surface area contributed by atoms with E-state index in [2.05, 4.69) is 53.8 Å². The van der Waals surface area contributed by atoms with Gasteiger partial charge in [0.2, 0.25) is 0 Å². The Balaban J connectivity index is 1.67. The molecule has 55 heavy (non-hydrogen) atoms. The molecule has 1 rings (SSSR count). The monoisotopic (exact) mass is 902 g/mol. The largest absolute Gasteiger partial charge is 0.491 e. The van der Waals surface area contributed by atoms with E-state index in [1.807, 2.05) is 0 Å². The third-order valence-corrected chi connectivity index (χ3v) is 8.24. The summed E-state index contributed by atoms with van der Waals surface area (Å²) in [6.45, 7) is 15.8. The zero-order valence-electron chi connectivity index (χ0n) is 34.0. The van der Waals surface area contributed by atoms with Crippen LogP contribution in [0.1, 0.15) is 57.4 Å². The highest BCUT2D eigenvalue weighted by Crippen LogP contribution is 2.15. The van der Waals surface area contributed by atoms with E-state index in [1.165, 1.54) is 50.5 Å². The summed E-state index contributed by atoms with van der Waals surface area (Å²) in [6.07, 6.45) is 10.5. The van der Waals surface area contributed by atoms with Crippen LogP contribution in [0, 0.1) is 0 Å². The average Bonchev–Trinajstić information content (AvgIpc) is 3.20. The number of rotatable bonds is 47. The van der Waals surface area contributed by atoms with E-state index in [9.17, 15) is 0 Å². The van der Waals surface area contributed by atoms with Crippen molar-refractivity contribution in [2.75, 3.05) is 170 Å². The van der Waals surface area contributed by atoms with Crippen LogP contribution in [0.5, 0.6) is 5.75 Å². The van der Waals surface area contributed by atoms with Crippen molar-refractivity contribution in [1.29, 1.82) is 0 Å². The average molecular weight is 903 g/mol. The number of ether oxygens (including phenoxy) is 13. The van der Waals surface area contributed by atoms with Crippen molar-refractivity contribution in [2.45, 2.75) is 58.3 Å². The minimum atomic E-state index is 0.511. The molecule has 0 bridgehead atoms. The summed E-state index contributed by atoms with van der Waals surface area (Å²) in [6, 6.07) is 8.46. The summed E-state index contributed by atoms with van der Waals surface area (Å²) in [5, 5.41) is 0. The van der Waals surface area contributed by atoms with Gasteiger partial charge in [-0.2, -0.15) is 0 Å². The first-order valence-corrected chi connectivity index (χ1v) is 22.1. The third kappa shape index (κ3) is 41.2. The maximum Gasteiger partial charge on any atom is 0.119 e. The van der Waals surface area contributed by atoms with Crippen LogP contribution in [0.4, 0.5) is 0 Å². The Bertz CT molecular complexity index is 856. The van der Waals surface area contributed by atoms with E-state index in [-0.39, 0.29) is 0 Å². The van der Waals surface area contributed by atoms with Gasteiger partial charge in [-0.05, 0) is 30.5 Å². The van der Waals surface area contributed by atoms with E-state index >= 15 is 0 Å². The molecule has 13 nitrogen and oxygen atoms in total. The molecule has 0 radical (unpaired) electrons. The summed E-state index contributed by atoms with van der Waals surface area (Å²) in [7, 11) is 0. The van der Waals surface area contributed by atoms with Gasteiger partial charge in [0.1, 0.15) is 12.4 Å². The Hall–Kier alpha value is -0.730. The van der Waals surface area contributed by atoms with Crippen molar-refractivity contribution < 1.29 is 61.6 Å². The lowest BCUT2D eigenvalue weighted by molar-refractivity contribution is -0.0284. The van der Waals surface area contributed by atoms with E-state index in [4.69, 9.17) is 61.6 Å². The van der Waals surface area contributed by atoms with Crippen molar-refractivity contribution in [3.63, 3.8) is 0 Å².